The van der Waals surface area contributed by atoms with Crippen LogP contribution >= 0.6 is 0 Å². The first-order valence-corrected chi connectivity index (χ1v) is 5.41. The van der Waals surface area contributed by atoms with E-state index in [-0.39, 0.29) is 0 Å². The predicted molar refractivity (Wildman–Crippen MR) is 64.9 cm³/mol. The fourth-order valence-corrected chi connectivity index (χ4v) is 1.21. The van der Waals surface area contributed by atoms with Crippen molar-refractivity contribution < 1.29 is 4.74 Å². The van der Waals surface area contributed by atoms with Crippen LogP contribution in [-0.4, -0.2) is 0 Å². The highest BCUT2D eigenvalue weighted by Gasteiger charge is 1.85. The first-order chi connectivity index (χ1) is 7.43. The number of ether oxygens (including phenoxy) is 1. The molecule has 0 aliphatic rings. The summed E-state index contributed by atoms with van der Waals surface area (Å²) in [6.45, 7) is 2.05. The molecule has 0 saturated carbocycles. The van der Waals surface area contributed by atoms with E-state index in [4.69, 9.17) is 4.74 Å². The van der Waals surface area contributed by atoms with Crippen LogP contribution in [-0.2, 0) is 0 Å². The zero-order chi connectivity index (χ0) is 10.8. The minimum absolute atomic E-state index is 0.891. The Kier molecular flexibility index (Phi) is 6.07. The van der Waals surface area contributed by atoms with Crippen molar-refractivity contribution in [3.05, 3.63) is 54.8 Å². The van der Waals surface area contributed by atoms with E-state index < -0.39 is 0 Å². The second kappa shape index (κ2) is 7.86. The molecule has 0 aliphatic carbocycles. The van der Waals surface area contributed by atoms with Gasteiger partial charge in [0.1, 0.15) is 5.75 Å². The molecule has 1 nitrogen and oxygen atoms in total. The molecule has 0 N–H and O–H groups in total. The molecular weight excluding hydrogens is 184 g/mol. The van der Waals surface area contributed by atoms with Crippen LogP contribution in [0.3, 0.4) is 0 Å². The third-order valence-electron chi connectivity index (χ3n) is 2.02. The zero-order valence-electron chi connectivity index (χ0n) is 9.23. The van der Waals surface area contributed by atoms with Crippen LogP contribution in [0.4, 0.5) is 0 Å². The van der Waals surface area contributed by atoms with Gasteiger partial charge in [-0.2, -0.15) is 0 Å². The molecule has 0 unspecified atom stereocenters. The average molecular weight is 202 g/mol. The Morgan fingerprint density at radius 1 is 1.07 bits per heavy atom. The Morgan fingerprint density at radius 2 is 1.80 bits per heavy atom. The van der Waals surface area contributed by atoms with Crippen molar-refractivity contribution in [2.24, 2.45) is 0 Å². The van der Waals surface area contributed by atoms with Crippen LogP contribution in [0, 0.1) is 0 Å². The lowest BCUT2D eigenvalue weighted by Gasteiger charge is -1.97. The second-order valence-corrected chi connectivity index (χ2v) is 3.30. The molecule has 0 bridgehead atoms. The molecule has 1 aromatic carbocycles. The van der Waals surface area contributed by atoms with Crippen LogP contribution in [0.25, 0.3) is 0 Å². The standard InChI is InChI=1S/C14H18O/c1-2-3-4-5-6-10-13-15-14-11-8-7-9-12-14/h2-3,7-13H,4-6H2,1H3. The third-order valence-corrected chi connectivity index (χ3v) is 2.02. The monoisotopic (exact) mass is 202 g/mol. The first kappa shape index (κ1) is 11.6. The molecule has 0 radical (unpaired) electrons. The molecule has 0 heterocycles. The zero-order valence-corrected chi connectivity index (χ0v) is 9.23. The molecule has 0 fully saturated rings. The van der Waals surface area contributed by atoms with Gasteiger partial charge in [-0.05, 0) is 44.4 Å². The maximum absolute atomic E-state index is 5.41. The fraction of sp³-hybridized carbons (Fsp3) is 0.286. The quantitative estimate of drug-likeness (QED) is 0.379. The molecule has 15 heavy (non-hydrogen) atoms. The summed E-state index contributed by atoms with van der Waals surface area (Å²) < 4.78 is 5.41. The summed E-state index contributed by atoms with van der Waals surface area (Å²) in [5.74, 6) is 0.891. The molecule has 1 rings (SSSR count). The van der Waals surface area contributed by atoms with Gasteiger partial charge in [-0.25, -0.2) is 0 Å². The topological polar surface area (TPSA) is 9.23 Å². The third kappa shape index (κ3) is 5.74. The van der Waals surface area contributed by atoms with E-state index in [0.29, 0.717) is 0 Å². The summed E-state index contributed by atoms with van der Waals surface area (Å²) in [5, 5.41) is 0. The Morgan fingerprint density at radius 3 is 2.53 bits per heavy atom. The number of benzene rings is 1. The van der Waals surface area contributed by atoms with Gasteiger partial charge in [0.25, 0.3) is 0 Å². The molecule has 0 aromatic heterocycles. The highest BCUT2D eigenvalue weighted by Crippen LogP contribution is 2.08. The van der Waals surface area contributed by atoms with E-state index in [9.17, 15) is 0 Å². The predicted octanol–water partition coefficient (Wildman–Crippen LogP) is 4.33. The van der Waals surface area contributed by atoms with Gasteiger partial charge in [0.05, 0.1) is 6.26 Å². The lowest BCUT2D eigenvalue weighted by atomic mass is 10.2. The largest absolute Gasteiger partial charge is 0.465 e. The minimum Gasteiger partial charge on any atom is -0.465 e. The molecular formula is C14H18O. The Bertz CT molecular complexity index is 298. The van der Waals surface area contributed by atoms with Crippen molar-refractivity contribution in [2.75, 3.05) is 0 Å². The molecule has 1 heteroatoms. The van der Waals surface area contributed by atoms with E-state index in [2.05, 4.69) is 18.2 Å². The summed E-state index contributed by atoms with van der Waals surface area (Å²) in [4.78, 5) is 0. The molecule has 1 aromatic rings. The van der Waals surface area contributed by atoms with E-state index in [1.807, 2.05) is 37.3 Å². The van der Waals surface area contributed by atoms with Crippen LogP contribution < -0.4 is 4.74 Å². The lowest BCUT2D eigenvalue weighted by Crippen LogP contribution is -1.80. The van der Waals surface area contributed by atoms with Crippen molar-refractivity contribution in [3.63, 3.8) is 0 Å². The van der Waals surface area contributed by atoms with Crippen molar-refractivity contribution in [3.8, 4) is 5.75 Å². The van der Waals surface area contributed by atoms with Gasteiger partial charge < -0.3 is 4.74 Å². The van der Waals surface area contributed by atoms with E-state index >= 15 is 0 Å². The number of para-hydroxylation sites is 1. The number of hydrogen-bond donors (Lipinski definition) is 0. The normalized spacial score (nSPS) is 11.3. The average Bonchev–Trinajstić information content (AvgIpc) is 2.29. The van der Waals surface area contributed by atoms with Gasteiger partial charge in [-0.3, -0.25) is 0 Å². The van der Waals surface area contributed by atoms with E-state index in [0.717, 1.165) is 18.6 Å². The van der Waals surface area contributed by atoms with Crippen molar-refractivity contribution in [2.45, 2.75) is 26.2 Å². The minimum atomic E-state index is 0.891. The van der Waals surface area contributed by atoms with Gasteiger partial charge in [0.2, 0.25) is 0 Å². The molecule has 0 saturated heterocycles. The Hall–Kier alpha value is -1.50. The fourth-order valence-electron chi connectivity index (χ4n) is 1.21. The SMILES string of the molecule is CC=CCCCC=COc1ccccc1. The van der Waals surface area contributed by atoms with Crippen molar-refractivity contribution in [1.29, 1.82) is 0 Å². The van der Waals surface area contributed by atoms with Gasteiger partial charge in [-0.15, -0.1) is 0 Å². The number of hydrogen-bond acceptors (Lipinski definition) is 1. The van der Waals surface area contributed by atoms with Crippen LogP contribution in [0.15, 0.2) is 54.8 Å². The van der Waals surface area contributed by atoms with Gasteiger partial charge >= 0.3 is 0 Å². The number of allylic oxidation sites excluding steroid dienone is 3. The highest BCUT2D eigenvalue weighted by atomic mass is 16.5. The lowest BCUT2D eigenvalue weighted by molar-refractivity contribution is 0.478. The molecule has 0 spiro atoms. The molecule has 0 amide bonds. The number of unbranched alkanes of at least 4 members (excludes halogenated alkanes) is 2. The molecule has 80 valence electrons. The van der Waals surface area contributed by atoms with Crippen molar-refractivity contribution in [1.82, 2.24) is 0 Å². The van der Waals surface area contributed by atoms with Gasteiger partial charge in [-0.1, -0.05) is 30.4 Å². The van der Waals surface area contributed by atoms with Gasteiger partial charge in [0.15, 0.2) is 0 Å². The van der Waals surface area contributed by atoms with Gasteiger partial charge in [0, 0.05) is 0 Å². The summed E-state index contributed by atoms with van der Waals surface area (Å²) in [5.41, 5.74) is 0. The van der Waals surface area contributed by atoms with Crippen LogP contribution in [0.1, 0.15) is 26.2 Å². The summed E-state index contributed by atoms with van der Waals surface area (Å²) >= 11 is 0. The smallest absolute Gasteiger partial charge is 0.126 e. The Labute approximate surface area is 92.1 Å². The van der Waals surface area contributed by atoms with E-state index in [1.165, 1.54) is 6.42 Å². The number of rotatable bonds is 6. The summed E-state index contributed by atoms with van der Waals surface area (Å²) in [6, 6.07) is 9.81. The first-order valence-electron chi connectivity index (χ1n) is 5.41. The highest BCUT2D eigenvalue weighted by molar-refractivity contribution is 5.21. The van der Waals surface area contributed by atoms with Crippen molar-refractivity contribution >= 4 is 0 Å². The molecule has 0 aliphatic heterocycles. The second-order valence-electron chi connectivity index (χ2n) is 3.30. The molecule has 0 atom stereocenters. The Balaban J connectivity index is 2.12. The van der Waals surface area contributed by atoms with E-state index in [1.54, 1.807) is 6.26 Å². The summed E-state index contributed by atoms with van der Waals surface area (Å²) in [7, 11) is 0. The van der Waals surface area contributed by atoms with Crippen LogP contribution in [0.5, 0.6) is 5.75 Å². The maximum Gasteiger partial charge on any atom is 0.126 e. The maximum atomic E-state index is 5.41. The van der Waals surface area contributed by atoms with Crippen LogP contribution in [0.2, 0.25) is 0 Å². The summed E-state index contributed by atoms with van der Waals surface area (Å²) in [6.07, 6.45) is 11.5.